The zero-order valence-corrected chi connectivity index (χ0v) is 16.5. The number of benzene rings is 2. The van der Waals surface area contributed by atoms with Gasteiger partial charge in [-0.3, -0.25) is 4.79 Å². The molecule has 0 heterocycles. The Hall–Kier alpha value is -1.63. The molecule has 0 aliphatic carbocycles. The second kappa shape index (κ2) is 9.01. The van der Waals surface area contributed by atoms with Gasteiger partial charge >= 0.3 is 0 Å². The number of halogens is 2. The molecule has 0 saturated heterocycles. The van der Waals surface area contributed by atoms with Crippen molar-refractivity contribution in [3.63, 3.8) is 0 Å². The first-order chi connectivity index (χ1) is 11.5. The van der Waals surface area contributed by atoms with Gasteiger partial charge in [-0.1, -0.05) is 56.1 Å². The lowest BCUT2D eigenvalue weighted by Crippen LogP contribution is -2.20. The fourth-order valence-corrected chi connectivity index (χ4v) is 2.93. The van der Waals surface area contributed by atoms with Gasteiger partial charge in [0.25, 0.3) is 0 Å². The van der Waals surface area contributed by atoms with Crippen molar-refractivity contribution < 1.29 is 14.3 Å². The summed E-state index contributed by atoms with van der Waals surface area (Å²) in [6.45, 7) is 1.53. The zero-order valence-electron chi connectivity index (χ0n) is 13.3. The van der Waals surface area contributed by atoms with Crippen molar-refractivity contribution in [2.24, 2.45) is 0 Å². The Morgan fingerprint density at radius 3 is 2.17 bits per heavy atom. The van der Waals surface area contributed by atoms with Crippen LogP contribution in [0.2, 0.25) is 0 Å². The van der Waals surface area contributed by atoms with E-state index in [9.17, 15) is 4.79 Å². The predicted octanol–water partition coefficient (Wildman–Crippen LogP) is 4.79. The monoisotopic (exact) mass is 453 g/mol. The van der Waals surface area contributed by atoms with Crippen molar-refractivity contribution >= 4 is 49.2 Å². The van der Waals surface area contributed by atoms with Gasteiger partial charge in [0.2, 0.25) is 5.91 Å². The third-order valence-corrected chi connectivity index (χ3v) is 4.04. The number of hydrogen-bond acceptors (Lipinski definition) is 3. The summed E-state index contributed by atoms with van der Waals surface area (Å²) in [5.41, 5.74) is 2.23. The lowest BCUT2D eigenvalue weighted by Gasteiger charge is -2.17. The quantitative estimate of drug-likeness (QED) is 0.387. The standard InChI is InChI=1S/C18H17Br2NO3/c1-12(22)21-17(13-5-3-7-15(19)9-13)18(24-11-23-2)14-6-4-8-16(20)10-14/h3-10H,11H2,1-2H3,(H,21,22)/b18-17-. The Balaban J connectivity index is 2.64. The average Bonchev–Trinajstić information content (AvgIpc) is 2.54. The summed E-state index contributed by atoms with van der Waals surface area (Å²) in [6.07, 6.45) is 0. The first-order valence-electron chi connectivity index (χ1n) is 7.16. The van der Waals surface area contributed by atoms with Crippen LogP contribution in [0.25, 0.3) is 11.5 Å². The largest absolute Gasteiger partial charge is 0.465 e. The lowest BCUT2D eigenvalue weighted by molar-refractivity contribution is -0.117. The van der Waals surface area contributed by atoms with Crippen LogP contribution in [-0.4, -0.2) is 19.8 Å². The van der Waals surface area contributed by atoms with Crippen molar-refractivity contribution in [3.8, 4) is 0 Å². The molecular formula is C18H17Br2NO3. The number of ether oxygens (including phenoxy) is 2. The Kier molecular flexibility index (Phi) is 7.02. The van der Waals surface area contributed by atoms with E-state index in [1.807, 2.05) is 48.5 Å². The number of carbonyl (C=O) groups is 1. The fraction of sp³-hybridized carbons (Fsp3) is 0.167. The number of nitrogens with one attached hydrogen (secondary N) is 1. The van der Waals surface area contributed by atoms with Gasteiger partial charge in [-0.05, 0) is 24.3 Å². The van der Waals surface area contributed by atoms with Gasteiger partial charge in [0.1, 0.15) is 0 Å². The molecule has 2 aromatic carbocycles. The van der Waals surface area contributed by atoms with E-state index in [4.69, 9.17) is 9.47 Å². The van der Waals surface area contributed by atoms with Gasteiger partial charge in [-0.25, -0.2) is 0 Å². The summed E-state index contributed by atoms with van der Waals surface area (Å²) in [5.74, 6) is 0.352. The van der Waals surface area contributed by atoms with E-state index in [1.165, 1.54) is 6.92 Å². The molecule has 126 valence electrons. The molecular weight excluding hydrogens is 438 g/mol. The maximum atomic E-state index is 11.7. The van der Waals surface area contributed by atoms with Crippen molar-refractivity contribution in [2.45, 2.75) is 6.92 Å². The molecule has 4 nitrogen and oxygen atoms in total. The molecule has 0 aromatic heterocycles. The molecule has 24 heavy (non-hydrogen) atoms. The van der Waals surface area contributed by atoms with Crippen LogP contribution in [0.3, 0.4) is 0 Å². The van der Waals surface area contributed by atoms with E-state index in [1.54, 1.807) is 7.11 Å². The molecule has 1 N–H and O–H groups in total. The van der Waals surface area contributed by atoms with Crippen molar-refractivity contribution in [3.05, 3.63) is 68.6 Å². The summed E-state index contributed by atoms with van der Waals surface area (Å²) in [7, 11) is 1.55. The molecule has 0 atom stereocenters. The Morgan fingerprint density at radius 2 is 1.62 bits per heavy atom. The van der Waals surface area contributed by atoms with E-state index >= 15 is 0 Å². The fourth-order valence-electron chi connectivity index (χ4n) is 2.13. The average molecular weight is 455 g/mol. The smallest absolute Gasteiger partial charge is 0.221 e. The zero-order chi connectivity index (χ0) is 17.5. The lowest BCUT2D eigenvalue weighted by atomic mass is 10.1. The Bertz CT molecular complexity index is 759. The van der Waals surface area contributed by atoms with Gasteiger partial charge in [-0.15, -0.1) is 0 Å². The van der Waals surface area contributed by atoms with Crippen LogP contribution in [0.1, 0.15) is 18.1 Å². The number of rotatable bonds is 6. The van der Waals surface area contributed by atoms with Crippen LogP contribution in [0, 0.1) is 0 Å². The summed E-state index contributed by atoms with van der Waals surface area (Å²) < 4.78 is 12.7. The van der Waals surface area contributed by atoms with Crippen LogP contribution in [0.4, 0.5) is 0 Å². The number of hydrogen-bond donors (Lipinski definition) is 1. The van der Waals surface area contributed by atoms with Crippen LogP contribution >= 0.6 is 31.9 Å². The number of amides is 1. The molecule has 0 spiro atoms. The van der Waals surface area contributed by atoms with Crippen LogP contribution in [0.5, 0.6) is 0 Å². The van der Waals surface area contributed by atoms with E-state index in [0.29, 0.717) is 11.5 Å². The van der Waals surface area contributed by atoms with E-state index < -0.39 is 0 Å². The van der Waals surface area contributed by atoms with Crippen molar-refractivity contribution in [2.75, 3.05) is 13.9 Å². The molecule has 6 heteroatoms. The van der Waals surface area contributed by atoms with Gasteiger partial charge in [0.05, 0.1) is 5.70 Å². The number of methoxy groups -OCH3 is 1. The highest BCUT2D eigenvalue weighted by Gasteiger charge is 2.16. The highest BCUT2D eigenvalue weighted by atomic mass is 79.9. The summed E-state index contributed by atoms with van der Waals surface area (Å²) in [5, 5.41) is 2.87. The normalized spacial score (nSPS) is 11.7. The van der Waals surface area contributed by atoms with E-state index in [0.717, 1.165) is 20.1 Å². The van der Waals surface area contributed by atoms with Gasteiger partial charge in [0.15, 0.2) is 12.6 Å². The Morgan fingerprint density at radius 1 is 1.04 bits per heavy atom. The second-order valence-corrected chi connectivity index (χ2v) is 6.79. The van der Waals surface area contributed by atoms with Gasteiger partial charge in [-0.2, -0.15) is 0 Å². The second-order valence-electron chi connectivity index (χ2n) is 4.96. The van der Waals surface area contributed by atoms with Crippen molar-refractivity contribution in [1.82, 2.24) is 5.32 Å². The van der Waals surface area contributed by atoms with Crippen molar-refractivity contribution in [1.29, 1.82) is 0 Å². The molecule has 0 bridgehead atoms. The van der Waals surface area contributed by atoms with Crippen LogP contribution in [0.15, 0.2) is 57.5 Å². The van der Waals surface area contributed by atoms with Crippen LogP contribution in [-0.2, 0) is 14.3 Å². The van der Waals surface area contributed by atoms with E-state index in [-0.39, 0.29) is 12.7 Å². The maximum absolute atomic E-state index is 11.7. The minimum absolute atomic E-state index is 0.0684. The minimum Gasteiger partial charge on any atom is -0.465 e. The highest BCUT2D eigenvalue weighted by molar-refractivity contribution is 9.10. The molecule has 0 radical (unpaired) electrons. The molecule has 0 saturated carbocycles. The first kappa shape index (κ1) is 18.7. The summed E-state index contributed by atoms with van der Waals surface area (Å²) in [6, 6.07) is 15.3. The Labute approximate surface area is 158 Å². The SMILES string of the molecule is COCO/C(=C(\NC(C)=O)c1cccc(Br)c1)c1cccc(Br)c1. The third kappa shape index (κ3) is 5.19. The third-order valence-electron chi connectivity index (χ3n) is 3.05. The van der Waals surface area contributed by atoms with Gasteiger partial charge in [0, 0.05) is 34.1 Å². The summed E-state index contributed by atoms with van der Waals surface area (Å²) >= 11 is 6.92. The molecule has 0 unspecified atom stereocenters. The molecule has 0 aliphatic heterocycles. The predicted molar refractivity (Wildman–Crippen MR) is 102 cm³/mol. The van der Waals surface area contributed by atoms with Crippen LogP contribution < -0.4 is 5.32 Å². The maximum Gasteiger partial charge on any atom is 0.221 e. The summed E-state index contributed by atoms with van der Waals surface area (Å²) in [4.78, 5) is 11.7. The molecule has 0 aliphatic rings. The van der Waals surface area contributed by atoms with E-state index in [2.05, 4.69) is 37.2 Å². The number of carbonyl (C=O) groups excluding carboxylic acids is 1. The topological polar surface area (TPSA) is 47.6 Å². The van der Waals surface area contributed by atoms with Gasteiger partial charge < -0.3 is 14.8 Å². The first-order valence-corrected chi connectivity index (χ1v) is 8.75. The molecule has 1 amide bonds. The molecule has 0 fully saturated rings. The molecule has 2 rings (SSSR count). The molecule has 2 aromatic rings. The minimum atomic E-state index is -0.182. The highest BCUT2D eigenvalue weighted by Crippen LogP contribution is 2.29.